The molecule has 0 atom stereocenters. The lowest BCUT2D eigenvalue weighted by molar-refractivity contribution is -0.392. The zero-order valence-corrected chi connectivity index (χ0v) is 21.9. The molecule has 0 radical (unpaired) electrons. The Labute approximate surface area is 219 Å². The van der Waals surface area contributed by atoms with Crippen LogP contribution in [0.3, 0.4) is 0 Å². The molecular weight excluding hydrogens is 492 g/mol. The van der Waals surface area contributed by atoms with Crippen molar-refractivity contribution in [2.45, 2.75) is 26.9 Å². The minimum absolute atomic E-state index is 0.0725. The summed E-state index contributed by atoms with van der Waals surface area (Å²) in [5.74, 6) is 2.32. The third-order valence-electron chi connectivity index (χ3n) is 6.47. The summed E-state index contributed by atoms with van der Waals surface area (Å²) >= 11 is 0. The number of fused-ring (bicyclic) bond motifs is 1. The Morgan fingerprint density at radius 3 is 2.34 bits per heavy atom. The topological polar surface area (TPSA) is 170 Å². The summed E-state index contributed by atoms with van der Waals surface area (Å²) < 4.78 is 18.2. The summed E-state index contributed by atoms with van der Waals surface area (Å²) in [6.45, 7) is 4.84. The highest BCUT2D eigenvalue weighted by Gasteiger charge is 2.22. The Kier molecular flexibility index (Phi) is 7.37. The van der Waals surface area contributed by atoms with Gasteiger partial charge in [-0.3, -0.25) is 0 Å². The maximum Gasteiger partial charge on any atom is 0.342 e. The van der Waals surface area contributed by atoms with E-state index < -0.39 is 4.92 Å². The summed E-state index contributed by atoms with van der Waals surface area (Å²) in [4.78, 5) is 25.7. The number of nitrogens with two attached hydrogens (primary N) is 2. The Balaban J connectivity index is 1.79. The van der Waals surface area contributed by atoms with Gasteiger partial charge in [-0.15, -0.1) is 0 Å². The number of aromatic nitrogens is 4. The maximum atomic E-state index is 11.6. The molecule has 0 saturated carbocycles. The number of ether oxygens (including phenoxy) is 3. The van der Waals surface area contributed by atoms with Crippen molar-refractivity contribution in [1.82, 2.24) is 19.5 Å². The van der Waals surface area contributed by atoms with Crippen LogP contribution in [0.25, 0.3) is 10.9 Å². The van der Waals surface area contributed by atoms with E-state index in [0.717, 1.165) is 22.2 Å². The first-order chi connectivity index (χ1) is 18.2. The van der Waals surface area contributed by atoms with Crippen LogP contribution in [-0.2, 0) is 13.1 Å². The van der Waals surface area contributed by atoms with E-state index in [9.17, 15) is 10.1 Å². The van der Waals surface area contributed by atoms with E-state index in [2.05, 4.69) is 19.9 Å². The van der Waals surface area contributed by atoms with E-state index in [1.54, 1.807) is 25.7 Å². The second-order valence-corrected chi connectivity index (χ2v) is 8.59. The monoisotopic (exact) mass is 522 g/mol. The van der Waals surface area contributed by atoms with Crippen LogP contribution in [0.2, 0.25) is 0 Å². The normalized spacial score (nSPS) is 11.0. The van der Waals surface area contributed by atoms with E-state index in [-0.39, 0.29) is 11.8 Å². The van der Waals surface area contributed by atoms with Crippen LogP contribution < -0.4 is 30.6 Å². The second-order valence-electron chi connectivity index (χ2n) is 8.59. The summed E-state index contributed by atoms with van der Waals surface area (Å²) in [5, 5.41) is 12.3. The number of nitro groups is 1. The van der Waals surface area contributed by atoms with Crippen LogP contribution in [0.1, 0.15) is 17.0 Å². The lowest BCUT2D eigenvalue weighted by Gasteiger charge is -2.27. The zero-order chi connectivity index (χ0) is 27.6. The van der Waals surface area contributed by atoms with Gasteiger partial charge < -0.3 is 40.7 Å². The number of imidazole rings is 1. The van der Waals surface area contributed by atoms with E-state index in [4.69, 9.17) is 25.7 Å². The number of anilines is 3. The van der Waals surface area contributed by atoms with Crippen LogP contribution in [0, 0.1) is 24.0 Å². The molecule has 4 aromatic rings. The molecule has 0 amide bonds. The molecule has 4 rings (SSSR count). The van der Waals surface area contributed by atoms with Gasteiger partial charge >= 0.3 is 5.82 Å². The molecule has 0 aliphatic carbocycles. The standard InChI is InChI=1S/C25H30N8O5/c1-14-16(6-7-18-22(14)24(26)30-25(27)29-18)13-31(8-9-32-15(2)28-12-21(32)33(34)35)17-10-19(36-3)23(38-5)20(11-17)37-4/h6-7,10-12H,8-9,13H2,1-5H3,(H4,26,27,29,30). The summed E-state index contributed by atoms with van der Waals surface area (Å²) in [6.07, 6.45) is 1.26. The van der Waals surface area contributed by atoms with Crippen LogP contribution >= 0.6 is 0 Å². The van der Waals surface area contributed by atoms with Gasteiger partial charge in [0.15, 0.2) is 17.3 Å². The SMILES string of the molecule is COc1cc(N(CCn2c([N+](=O)[O-])cnc2C)Cc2ccc3nc(N)nc(N)c3c2C)cc(OC)c1OC. The third kappa shape index (κ3) is 4.90. The number of nitrogens with zero attached hydrogens (tertiary/aromatic N) is 6. The van der Waals surface area contributed by atoms with E-state index >= 15 is 0 Å². The maximum absolute atomic E-state index is 11.6. The average Bonchev–Trinajstić information content (AvgIpc) is 3.26. The van der Waals surface area contributed by atoms with Crippen molar-refractivity contribution < 1.29 is 19.1 Å². The molecule has 200 valence electrons. The number of methoxy groups -OCH3 is 3. The first-order valence-corrected chi connectivity index (χ1v) is 11.7. The number of hydrogen-bond donors (Lipinski definition) is 2. The molecule has 0 aliphatic heterocycles. The molecule has 0 spiro atoms. The van der Waals surface area contributed by atoms with Crippen LogP contribution in [0.4, 0.5) is 23.3 Å². The van der Waals surface area contributed by atoms with Crippen molar-refractivity contribution in [1.29, 1.82) is 0 Å². The molecule has 0 aliphatic rings. The van der Waals surface area contributed by atoms with Crippen molar-refractivity contribution in [3.05, 3.63) is 57.5 Å². The fourth-order valence-corrected chi connectivity index (χ4v) is 4.51. The molecule has 38 heavy (non-hydrogen) atoms. The number of rotatable bonds is 10. The van der Waals surface area contributed by atoms with Crippen LogP contribution in [0.5, 0.6) is 17.2 Å². The number of nitrogen functional groups attached to an aromatic ring is 2. The molecule has 13 nitrogen and oxygen atoms in total. The predicted octanol–water partition coefficient (Wildman–Crippen LogP) is 3.25. The molecule has 0 fully saturated rings. The molecule has 2 heterocycles. The van der Waals surface area contributed by atoms with Gasteiger partial charge in [0.2, 0.25) is 11.7 Å². The van der Waals surface area contributed by atoms with Gasteiger partial charge in [0.1, 0.15) is 18.6 Å². The van der Waals surface area contributed by atoms with Gasteiger partial charge in [-0.1, -0.05) is 6.07 Å². The van der Waals surface area contributed by atoms with Gasteiger partial charge in [0.05, 0.1) is 33.4 Å². The Morgan fingerprint density at radius 1 is 1.05 bits per heavy atom. The molecule has 2 aromatic carbocycles. The van der Waals surface area contributed by atoms with Gasteiger partial charge in [-0.05, 0) is 29.0 Å². The molecule has 0 saturated heterocycles. The minimum atomic E-state index is -0.439. The van der Waals surface area contributed by atoms with Gasteiger partial charge in [0, 0.05) is 36.7 Å². The highest BCUT2D eigenvalue weighted by atomic mass is 16.6. The molecule has 0 bridgehead atoms. The second kappa shape index (κ2) is 10.7. The Morgan fingerprint density at radius 2 is 1.74 bits per heavy atom. The Bertz CT molecular complexity index is 1480. The van der Waals surface area contributed by atoms with Crippen molar-refractivity contribution in [2.75, 3.05) is 44.2 Å². The molecule has 4 N–H and O–H groups in total. The summed E-state index contributed by atoms with van der Waals surface area (Å²) in [7, 11) is 4.63. The van der Waals surface area contributed by atoms with Crippen molar-refractivity contribution in [2.24, 2.45) is 0 Å². The lowest BCUT2D eigenvalue weighted by Crippen LogP contribution is -2.28. The Hall–Kier alpha value is -4.81. The zero-order valence-electron chi connectivity index (χ0n) is 21.9. The van der Waals surface area contributed by atoms with E-state index in [1.807, 2.05) is 31.2 Å². The first kappa shape index (κ1) is 26.3. The summed E-state index contributed by atoms with van der Waals surface area (Å²) in [5.41, 5.74) is 15.3. The van der Waals surface area contributed by atoms with E-state index in [1.165, 1.54) is 13.3 Å². The largest absolute Gasteiger partial charge is 0.493 e. The highest BCUT2D eigenvalue weighted by Crippen LogP contribution is 2.41. The van der Waals surface area contributed by atoms with Crippen LogP contribution in [0.15, 0.2) is 30.5 Å². The first-order valence-electron chi connectivity index (χ1n) is 11.7. The van der Waals surface area contributed by atoms with Crippen molar-refractivity contribution >= 4 is 34.2 Å². The number of aryl methyl sites for hydroxylation is 2. The quantitative estimate of drug-likeness (QED) is 0.231. The smallest absolute Gasteiger partial charge is 0.342 e. The van der Waals surface area contributed by atoms with E-state index in [0.29, 0.717) is 54.0 Å². The minimum Gasteiger partial charge on any atom is -0.493 e. The fraction of sp³-hybridized carbons (Fsp3) is 0.320. The predicted molar refractivity (Wildman–Crippen MR) is 144 cm³/mol. The molecule has 2 aromatic heterocycles. The van der Waals surface area contributed by atoms with Gasteiger partial charge in [-0.25, -0.2) is 14.5 Å². The molecule has 0 unspecified atom stereocenters. The van der Waals surface area contributed by atoms with Gasteiger partial charge in [0.25, 0.3) is 0 Å². The lowest BCUT2D eigenvalue weighted by atomic mass is 10.0. The number of benzene rings is 2. The highest BCUT2D eigenvalue weighted by molar-refractivity contribution is 5.92. The van der Waals surface area contributed by atoms with Crippen LogP contribution in [-0.4, -0.2) is 52.3 Å². The van der Waals surface area contributed by atoms with Crippen molar-refractivity contribution in [3.8, 4) is 17.2 Å². The average molecular weight is 523 g/mol. The molecular formula is C25H30N8O5. The third-order valence-corrected chi connectivity index (χ3v) is 6.47. The summed E-state index contributed by atoms with van der Waals surface area (Å²) in [6, 6.07) is 7.49. The molecule has 13 heteroatoms. The number of hydrogen-bond acceptors (Lipinski definition) is 11. The van der Waals surface area contributed by atoms with Gasteiger partial charge in [-0.2, -0.15) is 4.98 Å². The fourth-order valence-electron chi connectivity index (χ4n) is 4.51. The van der Waals surface area contributed by atoms with Crippen molar-refractivity contribution in [3.63, 3.8) is 0 Å².